The molecule has 2 aliphatic rings. The van der Waals surface area contributed by atoms with Crippen molar-refractivity contribution in [3.05, 3.63) is 59.9 Å². The molecule has 0 aromatic heterocycles. The highest BCUT2D eigenvalue weighted by Gasteiger charge is 2.30. The molecule has 200 valence electrons. The van der Waals surface area contributed by atoms with Crippen molar-refractivity contribution in [2.24, 2.45) is 0 Å². The molecule has 0 fully saturated rings. The van der Waals surface area contributed by atoms with Gasteiger partial charge in [0.2, 0.25) is 21.8 Å². The molecule has 2 aromatic carbocycles. The van der Waals surface area contributed by atoms with Crippen LogP contribution in [-0.4, -0.2) is 51.3 Å². The number of aldehydes is 1. The Hall–Kier alpha value is -3.31. The number of hydrogen-bond acceptors (Lipinski definition) is 6. The van der Waals surface area contributed by atoms with Crippen molar-refractivity contribution in [2.45, 2.75) is 68.5 Å². The summed E-state index contributed by atoms with van der Waals surface area (Å²) in [5.41, 5.74) is 0.663. The number of nitrogens with one attached hydrogen (secondary N) is 3. The Morgan fingerprint density at radius 1 is 1.03 bits per heavy atom. The molecule has 3 N–H and O–H groups in total. The van der Waals surface area contributed by atoms with Crippen molar-refractivity contribution < 1.29 is 31.9 Å². The number of sulfonamides is 1. The van der Waals surface area contributed by atoms with Gasteiger partial charge in [0.1, 0.15) is 29.9 Å². The first-order valence-electron chi connectivity index (χ1n) is 12.3. The van der Waals surface area contributed by atoms with Gasteiger partial charge in [0, 0.05) is 0 Å². The fourth-order valence-corrected chi connectivity index (χ4v) is 5.15. The molecule has 0 aliphatic carbocycles. The Labute approximate surface area is 216 Å². The van der Waals surface area contributed by atoms with E-state index >= 15 is 0 Å². The van der Waals surface area contributed by atoms with Crippen LogP contribution in [0.1, 0.15) is 44.6 Å². The van der Waals surface area contributed by atoms with Crippen LogP contribution < -0.4 is 20.1 Å². The van der Waals surface area contributed by atoms with Crippen molar-refractivity contribution >= 4 is 28.1 Å². The maximum Gasteiger partial charge on any atom is 0.243 e. The maximum absolute atomic E-state index is 13.3. The molecule has 4 rings (SSSR count). The molecule has 2 bridgehead atoms. The van der Waals surface area contributed by atoms with Crippen molar-refractivity contribution in [2.75, 3.05) is 6.61 Å². The Morgan fingerprint density at radius 3 is 2.38 bits per heavy atom. The summed E-state index contributed by atoms with van der Waals surface area (Å²) in [5.74, 6) is -1.20. The number of rotatable bonds is 6. The zero-order valence-corrected chi connectivity index (χ0v) is 21.4. The van der Waals surface area contributed by atoms with E-state index in [0.717, 1.165) is 24.3 Å². The normalized spacial score (nSPS) is 21.8. The van der Waals surface area contributed by atoms with Gasteiger partial charge in [-0.25, -0.2) is 12.8 Å². The van der Waals surface area contributed by atoms with Gasteiger partial charge < -0.3 is 20.2 Å². The van der Waals surface area contributed by atoms with Crippen LogP contribution in [0.2, 0.25) is 0 Å². The molecule has 0 saturated carbocycles. The second-order valence-electron chi connectivity index (χ2n) is 8.92. The molecular formula is C26H32FN3O6S. The van der Waals surface area contributed by atoms with E-state index in [1.807, 2.05) is 6.92 Å². The maximum atomic E-state index is 13.3. The summed E-state index contributed by atoms with van der Waals surface area (Å²) in [7, 11) is -4.19. The Bertz CT molecular complexity index is 1170. The van der Waals surface area contributed by atoms with Crippen molar-refractivity contribution in [1.82, 2.24) is 15.4 Å². The van der Waals surface area contributed by atoms with Gasteiger partial charge >= 0.3 is 0 Å². The fourth-order valence-electron chi connectivity index (χ4n) is 3.96. The Kier molecular flexibility index (Phi) is 10.2. The molecule has 37 heavy (non-hydrogen) atoms. The van der Waals surface area contributed by atoms with Crippen LogP contribution in [0.15, 0.2) is 53.4 Å². The SMILES string of the molecule is CCC[C@@H]1NC(=O)[C@@H](NS(=O)(=O)c2ccc(F)cc2)Cc2ccc(cc2)OCCCC[C@@H](C=O)NC1=O. The van der Waals surface area contributed by atoms with E-state index in [4.69, 9.17) is 4.74 Å². The summed E-state index contributed by atoms with van der Waals surface area (Å²) < 4.78 is 47.5. The number of carbonyl (C=O) groups excluding carboxylic acids is 3. The van der Waals surface area contributed by atoms with E-state index in [-0.39, 0.29) is 11.3 Å². The number of hydrogen-bond donors (Lipinski definition) is 3. The minimum absolute atomic E-state index is 0.00996. The van der Waals surface area contributed by atoms with Gasteiger partial charge in [-0.1, -0.05) is 25.5 Å². The third-order valence-corrected chi connectivity index (χ3v) is 7.47. The minimum Gasteiger partial charge on any atom is -0.494 e. The quantitative estimate of drug-likeness (QED) is 0.489. The molecule has 0 spiro atoms. The number of halogens is 1. The zero-order chi connectivity index (χ0) is 26.8. The second-order valence-corrected chi connectivity index (χ2v) is 10.6. The average molecular weight is 534 g/mol. The van der Waals surface area contributed by atoms with Crippen LogP contribution in [0.25, 0.3) is 0 Å². The summed E-state index contributed by atoms with van der Waals surface area (Å²) in [6.45, 7) is 2.27. The predicted molar refractivity (Wildman–Crippen MR) is 135 cm³/mol. The number of ether oxygens (including phenoxy) is 1. The third-order valence-electron chi connectivity index (χ3n) is 5.98. The lowest BCUT2D eigenvalue weighted by Crippen LogP contribution is -2.55. The van der Waals surface area contributed by atoms with Crippen LogP contribution in [0.3, 0.4) is 0 Å². The zero-order valence-electron chi connectivity index (χ0n) is 20.6. The van der Waals surface area contributed by atoms with Gasteiger partial charge in [0.15, 0.2) is 0 Å². The summed E-state index contributed by atoms with van der Waals surface area (Å²) in [6.07, 6.45) is 3.27. The topological polar surface area (TPSA) is 131 Å². The van der Waals surface area contributed by atoms with E-state index < -0.39 is 45.8 Å². The molecular weight excluding hydrogens is 501 g/mol. The Balaban J connectivity index is 1.91. The summed E-state index contributed by atoms with van der Waals surface area (Å²) >= 11 is 0. The van der Waals surface area contributed by atoms with Crippen molar-refractivity contribution in [3.8, 4) is 5.75 Å². The molecule has 2 aromatic rings. The van der Waals surface area contributed by atoms with Crippen LogP contribution in [0.4, 0.5) is 4.39 Å². The molecule has 2 heterocycles. The van der Waals surface area contributed by atoms with E-state index in [2.05, 4.69) is 15.4 Å². The largest absolute Gasteiger partial charge is 0.494 e. The van der Waals surface area contributed by atoms with Gasteiger partial charge in [0.25, 0.3) is 0 Å². The average Bonchev–Trinajstić information content (AvgIpc) is 2.87. The smallest absolute Gasteiger partial charge is 0.243 e. The predicted octanol–water partition coefficient (Wildman–Crippen LogP) is 2.25. The van der Waals surface area contributed by atoms with E-state index in [9.17, 15) is 27.2 Å². The number of carbonyl (C=O) groups is 3. The van der Waals surface area contributed by atoms with Gasteiger partial charge in [-0.05, 0) is 74.1 Å². The molecule has 3 atom stereocenters. The first-order chi connectivity index (χ1) is 17.7. The van der Waals surface area contributed by atoms with Gasteiger partial charge in [0.05, 0.1) is 17.5 Å². The highest BCUT2D eigenvalue weighted by atomic mass is 32.2. The summed E-state index contributed by atoms with van der Waals surface area (Å²) in [6, 6.07) is 8.22. The summed E-state index contributed by atoms with van der Waals surface area (Å²) in [5, 5.41) is 5.32. The monoisotopic (exact) mass is 533 g/mol. The highest BCUT2D eigenvalue weighted by Crippen LogP contribution is 2.17. The lowest BCUT2D eigenvalue weighted by atomic mass is 10.0. The Morgan fingerprint density at radius 2 is 1.73 bits per heavy atom. The number of benzene rings is 2. The first-order valence-corrected chi connectivity index (χ1v) is 13.8. The molecule has 11 heteroatoms. The van der Waals surface area contributed by atoms with Crippen LogP contribution in [0, 0.1) is 5.82 Å². The van der Waals surface area contributed by atoms with E-state index in [1.165, 1.54) is 0 Å². The van der Waals surface area contributed by atoms with E-state index in [0.29, 0.717) is 56.3 Å². The molecule has 9 nitrogen and oxygen atoms in total. The summed E-state index contributed by atoms with van der Waals surface area (Å²) in [4.78, 5) is 37.6. The number of amides is 2. The molecule has 0 radical (unpaired) electrons. The second kappa shape index (κ2) is 13.3. The van der Waals surface area contributed by atoms with Crippen LogP contribution in [-0.2, 0) is 30.8 Å². The van der Waals surface area contributed by atoms with Crippen LogP contribution >= 0.6 is 0 Å². The van der Waals surface area contributed by atoms with Gasteiger partial charge in [-0.3, -0.25) is 9.59 Å². The highest BCUT2D eigenvalue weighted by molar-refractivity contribution is 7.89. The van der Waals surface area contributed by atoms with Crippen molar-refractivity contribution in [3.63, 3.8) is 0 Å². The lowest BCUT2D eigenvalue weighted by Gasteiger charge is -2.24. The standard InChI is InChI=1S/C26H32FN3O6S/c1-2-5-23-25(32)28-20(17-31)6-3-4-15-36-21-11-7-18(8-12-21)16-24(26(33)29-23)30-37(34,35)22-13-9-19(27)10-14-22/h7-14,17,20,23-24,30H,2-6,15-16H2,1H3,(H,28,32)(H,29,33)/t20-,23-,24-/m0/s1. The van der Waals surface area contributed by atoms with Crippen LogP contribution in [0.5, 0.6) is 5.75 Å². The number of fused-ring (bicyclic) bond motifs is 14. The van der Waals surface area contributed by atoms with Gasteiger partial charge in [-0.15, -0.1) is 0 Å². The molecule has 0 saturated heterocycles. The van der Waals surface area contributed by atoms with E-state index in [1.54, 1.807) is 24.3 Å². The molecule has 0 unspecified atom stereocenters. The molecule has 2 aliphatic heterocycles. The molecule has 2 amide bonds. The minimum atomic E-state index is -4.19. The third kappa shape index (κ3) is 8.36. The lowest BCUT2D eigenvalue weighted by molar-refractivity contribution is -0.131. The van der Waals surface area contributed by atoms with Gasteiger partial charge in [-0.2, -0.15) is 4.72 Å². The van der Waals surface area contributed by atoms with Crippen molar-refractivity contribution in [1.29, 1.82) is 0 Å². The first kappa shape index (κ1) is 28.3. The fraction of sp³-hybridized carbons (Fsp3) is 0.423.